The molecule has 2 N–H and O–H groups in total. The molecule has 1 aromatic rings. The first-order valence-electron chi connectivity index (χ1n) is 5.86. The zero-order valence-corrected chi connectivity index (χ0v) is 12.3. The molecule has 0 bridgehead atoms. The molecule has 0 spiro atoms. The molecule has 0 amide bonds. The number of halogens is 1. The molecule has 0 radical (unpaired) electrons. The fraction of sp³-hybridized carbons (Fsp3) is 0.417. The third kappa shape index (κ3) is 3.33. The summed E-state index contributed by atoms with van der Waals surface area (Å²) in [5, 5.41) is 11.7. The molecule has 0 aliphatic carbocycles. The normalized spacial score (nSPS) is 11.8. The lowest BCUT2D eigenvalue weighted by Crippen LogP contribution is -2.33. The number of aryl methyl sites for hydroxylation is 1. The van der Waals surface area contributed by atoms with Gasteiger partial charge in [0.1, 0.15) is 5.82 Å². The highest BCUT2D eigenvalue weighted by Gasteiger charge is 2.24. The van der Waals surface area contributed by atoms with Crippen LogP contribution in [0.15, 0.2) is 17.0 Å². The van der Waals surface area contributed by atoms with Crippen molar-refractivity contribution >= 4 is 16.0 Å². The second-order valence-electron chi connectivity index (χ2n) is 4.34. The minimum absolute atomic E-state index is 0.0227. The van der Waals surface area contributed by atoms with Gasteiger partial charge in [0.05, 0.1) is 10.5 Å². The Bertz CT molecular complexity index is 616. The first-order valence-corrected chi connectivity index (χ1v) is 7.30. The van der Waals surface area contributed by atoms with E-state index >= 15 is 0 Å². The largest absolute Gasteiger partial charge is 0.478 e. The van der Waals surface area contributed by atoms with Crippen LogP contribution in [0, 0.1) is 12.7 Å². The van der Waals surface area contributed by atoms with E-state index in [1.54, 1.807) is 7.05 Å². The Labute approximate surface area is 117 Å². The second kappa shape index (κ2) is 6.29. The van der Waals surface area contributed by atoms with Gasteiger partial charge in [0.15, 0.2) is 0 Å². The summed E-state index contributed by atoms with van der Waals surface area (Å²) in [6.07, 6.45) is 0. The molecule has 0 saturated heterocycles. The Balaban J connectivity index is 3.29. The van der Waals surface area contributed by atoms with Crippen molar-refractivity contribution in [1.82, 2.24) is 9.62 Å². The minimum Gasteiger partial charge on any atom is -0.478 e. The molecule has 0 unspecified atom stereocenters. The zero-order valence-electron chi connectivity index (χ0n) is 11.5. The highest BCUT2D eigenvalue weighted by Crippen LogP contribution is 2.21. The molecule has 8 heteroatoms. The third-order valence-corrected chi connectivity index (χ3v) is 4.68. The van der Waals surface area contributed by atoms with Gasteiger partial charge >= 0.3 is 5.97 Å². The molecule has 0 atom stereocenters. The first-order chi connectivity index (χ1) is 9.21. The van der Waals surface area contributed by atoms with Crippen molar-refractivity contribution in [3.63, 3.8) is 0 Å². The van der Waals surface area contributed by atoms with E-state index in [1.165, 1.54) is 14.0 Å². The number of carboxylic acids is 1. The SMILES string of the molecule is CNCCN(C)S(=O)(=O)c1cc(C)c(F)c(C(=O)O)c1. The van der Waals surface area contributed by atoms with Gasteiger partial charge in [-0.1, -0.05) is 0 Å². The topological polar surface area (TPSA) is 86.7 Å². The van der Waals surface area contributed by atoms with Crippen molar-refractivity contribution in [2.45, 2.75) is 11.8 Å². The number of benzene rings is 1. The Morgan fingerprint density at radius 1 is 1.45 bits per heavy atom. The molecule has 1 rings (SSSR count). The highest BCUT2D eigenvalue weighted by molar-refractivity contribution is 7.89. The van der Waals surface area contributed by atoms with Crippen molar-refractivity contribution in [1.29, 1.82) is 0 Å². The number of nitrogens with zero attached hydrogens (tertiary/aromatic N) is 1. The Morgan fingerprint density at radius 2 is 2.05 bits per heavy atom. The average molecular weight is 304 g/mol. The fourth-order valence-corrected chi connectivity index (χ4v) is 2.89. The predicted molar refractivity (Wildman–Crippen MR) is 71.8 cm³/mol. The van der Waals surface area contributed by atoms with Gasteiger partial charge in [-0.25, -0.2) is 17.6 Å². The van der Waals surface area contributed by atoms with Gasteiger partial charge in [-0.05, 0) is 31.7 Å². The molecule has 112 valence electrons. The molecule has 0 saturated carbocycles. The van der Waals surface area contributed by atoms with Crippen LogP contribution in [-0.2, 0) is 10.0 Å². The van der Waals surface area contributed by atoms with Crippen LogP contribution < -0.4 is 5.32 Å². The molecule has 0 fully saturated rings. The van der Waals surface area contributed by atoms with Crippen LogP contribution >= 0.6 is 0 Å². The van der Waals surface area contributed by atoms with E-state index < -0.39 is 27.4 Å². The highest BCUT2D eigenvalue weighted by atomic mass is 32.2. The predicted octanol–water partition coefficient (Wildman–Crippen LogP) is 0.672. The number of nitrogens with one attached hydrogen (secondary N) is 1. The molecule has 0 aliphatic heterocycles. The maximum absolute atomic E-state index is 13.6. The van der Waals surface area contributed by atoms with Crippen LogP contribution in [0.4, 0.5) is 4.39 Å². The molecule has 0 aliphatic rings. The van der Waals surface area contributed by atoms with E-state index in [9.17, 15) is 17.6 Å². The number of likely N-dealkylation sites (N-methyl/N-ethyl adjacent to an activating group) is 2. The molecular weight excluding hydrogens is 287 g/mol. The minimum atomic E-state index is -3.84. The monoisotopic (exact) mass is 304 g/mol. The van der Waals surface area contributed by atoms with Crippen molar-refractivity contribution in [2.24, 2.45) is 0 Å². The number of hydrogen-bond donors (Lipinski definition) is 2. The van der Waals surface area contributed by atoms with Gasteiger partial charge in [-0.15, -0.1) is 0 Å². The summed E-state index contributed by atoms with van der Waals surface area (Å²) in [7, 11) is -0.777. The maximum atomic E-state index is 13.6. The molecule has 20 heavy (non-hydrogen) atoms. The number of carbonyl (C=O) groups is 1. The van der Waals surface area contributed by atoms with E-state index in [0.717, 1.165) is 16.4 Å². The van der Waals surface area contributed by atoms with Crippen molar-refractivity contribution in [3.8, 4) is 0 Å². The quantitative estimate of drug-likeness (QED) is 0.807. The van der Waals surface area contributed by atoms with Crippen molar-refractivity contribution < 1.29 is 22.7 Å². The van der Waals surface area contributed by atoms with Gasteiger partial charge in [0, 0.05) is 20.1 Å². The van der Waals surface area contributed by atoms with Crippen molar-refractivity contribution in [2.75, 3.05) is 27.2 Å². The molecule has 0 aromatic heterocycles. The van der Waals surface area contributed by atoms with Crippen LogP contribution in [0.25, 0.3) is 0 Å². The standard InChI is InChI=1S/C12H17FN2O4S/c1-8-6-9(7-10(11(8)13)12(16)17)20(18,19)15(3)5-4-14-2/h6-7,14H,4-5H2,1-3H3,(H,16,17). The van der Waals surface area contributed by atoms with Gasteiger partial charge in [0.2, 0.25) is 10.0 Å². The summed E-state index contributed by atoms with van der Waals surface area (Å²) >= 11 is 0. The summed E-state index contributed by atoms with van der Waals surface area (Å²) in [5.41, 5.74) is -0.670. The first kappa shape index (κ1) is 16.5. The maximum Gasteiger partial charge on any atom is 0.338 e. The molecule has 0 heterocycles. The van der Waals surface area contributed by atoms with Crippen LogP contribution in [0.5, 0.6) is 0 Å². The third-order valence-electron chi connectivity index (χ3n) is 2.84. The lowest BCUT2D eigenvalue weighted by atomic mass is 10.1. The lowest BCUT2D eigenvalue weighted by molar-refractivity contribution is 0.0691. The summed E-state index contributed by atoms with van der Waals surface area (Å²) in [4.78, 5) is 10.7. The van der Waals surface area contributed by atoms with Gasteiger partial charge in [-0.2, -0.15) is 4.31 Å². The summed E-state index contributed by atoms with van der Waals surface area (Å²) < 4.78 is 39.2. The van der Waals surface area contributed by atoms with E-state index in [2.05, 4.69) is 5.32 Å². The number of hydrogen-bond acceptors (Lipinski definition) is 4. The zero-order chi connectivity index (χ0) is 15.5. The smallest absolute Gasteiger partial charge is 0.338 e. The summed E-state index contributed by atoms with van der Waals surface area (Å²) in [6, 6.07) is 1.98. The van der Waals surface area contributed by atoms with E-state index in [0.29, 0.717) is 6.54 Å². The number of carboxylic acid groups (broad SMARTS) is 1. The molecule has 6 nitrogen and oxygen atoms in total. The van der Waals surface area contributed by atoms with Gasteiger partial charge in [0.25, 0.3) is 0 Å². The Kier molecular flexibility index (Phi) is 5.21. The van der Waals surface area contributed by atoms with Gasteiger partial charge in [-0.3, -0.25) is 0 Å². The molecular formula is C12H17FN2O4S. The average Bonchev–Trinajstić information content (AvgIpc) is 2.38. The Hall–Kier alpha value is -1.51. The van der Waals surface area contributed by atoms with E-state index in [4.69, 9.17) is 5.11 Å². The summed E-state index contributed by atoms with van der Waals surface area (Å²) in [5.74, 6) is -2.42. The fourth-order valence-electron chi connectivity index (χ4n) is 1.61. The van der Waals surface area contributed by atoms with Gasteiger partial charge < -0.3 is 10.4 Å². The summed E-state index contributed by atoms with van der Waals surface area (Å²) in [6.45, 7) is 1.99. The van der Waals surface area contributed by atoms with E-state index in [-0.39, 0.29) is 17.0 Å². The molecule has 1 aromatic carbocycles. The Morgan fingerprint density at radius 3 is 2.55 bits per heavy atom. The second-order valence-corrected chi connectivity index (χ2v) is 6.38. The number of rotatable bonds is 6. The van der Waals surface area contributed by atoms with Crippen LogP contribution in [0.2, 0.25) is 0 Å². The van der Waals surface area contributed by atoms with Crippen LogP contribution in [-0.4, -0.2) is 51.0 Å². The van der Waals surface area contributed by atoms with E-state index in [1.807, 2.05) is 0 Å². The number of aromatic carboxylic acids is 1. The van der Waals surface area contributed by atoms with Crippen LogP contribution in [0.3, 0.4) is 0 Å². The number of sulfonamides is 1. The van der Waals surface area contributed by atoms with Crippen molar-refractivity contribution in [3.05, 3.63) is 29.1 Å². The van der Waals surface area contributed by atoms with Crippen LogP contribution in [0.1, 0.15) is 15.9 Å². The lowest BCUT2D eigenvalue weighted by Gasteiger charge is -2.18.